The summed E-state index contributed by atoms with van der Waals surface area (Å²) in [5.41, 5.74) is 2.28. The number of aromatic nitrogens is 2. The molecule has 4 rings (SSSR count). The molecule has 1 atom stereocenters. The number of carbonyl (C=O) groups excluding carboxylic acids is 1. The second-order valence-corrected chi connectivity index (χ2v) is 7.12. The Bertz CT molecular complexity index is 981. The van der Waals surface area contributed by atoms with Crippen molar-refractivity contribution < 1.29 is 13.9 Å². The fraction of sp³-hybridized carbons (Fsp3) is 0.318. The molecule has 0 aliphatic carbocycles. The summed E-state index contributed by atoms with van der Waals surface area (Å²) in [5, 5.41) is 11.5. The van der Waals surface area contributed by atoms with Crippen molar-refractivity contribution in [2.45, 2.75) is 25.8 Å². The van der Waals surface area contributed by atoms with Gasteiger partial charge >= 0.3 is 6.01 Å². The highest BCUT2D eigenvalue weighted by atomic mass is 16.5. The number of ether oxygens (including phenoxy) is 1. The minimum Gasteiger partial charge on any atom is -0.497 e. The highest BCUT2D eigenvalue weighted by Gasteiger charge is 2.26. The monoisotopic (exact) mass is 392 g/mol. The second-order valence-electron chi connectivity index (χ2n) is 7.12. The molecule has 3 aromatic rings. The van der Waals surface area contributed by atoms with Crippen molar-refractivity contribution >= 4 is 11.9 Å². The van der Waals surface area contributed by atoms with E-state index < -0.39 is 6.04 Å². The molecule has 1 saturated heterocycles. The topological polar surface area (TPSA) is 80.5 Å². The zero-order valence-corrected chi connectivity index (χ0v) is 16.6. The van der Waals surface area contributed by atoms with E-state index >= 15 is 0 Å². The zero-order chi connectivity index (χ0) is 20.2. The van der Waals surface area contributed by atoms with E-state index in [0.29, 0.717) is 23.2 Å². The summed E-state index contributed by atoms with van der Waals surface area (Å²) in [4.78, 5) is 15.1. The number of rotatable bonds is 6. The van der Waals surface area contributed by atoms with Gasteiger partial charge in [0.25, 0.3) is 5.91 Å². The molecule has 150 valence electrons. The molecule has 0 radical (unpaired) electrons. The van der Waals surface area contributed by atoms with Gasteiger partial charge in [0, 0.05) is 18.7 Å². The summed E-state index contributed by atoms with van der Waals surface area (Å²) in [6, 6.07) is 15.0. The molecule has 7 heteroatoms. The Kier molecular flexibility index (Phi) is 5.46. The molecule has 1 N–H and O–H groups in total. The van der Waals surface area contributed by atoms with Crippen molar-refractivity contribution in [3.63, 3.8) is 0 Å². The van der Waals surface area contributed by atoms with Crippen molar-refractivity contribution in [2.75, 3.05) is 25.1 Å². The van der Waals surface area contributed by atoms with Crippen LogP contribution in [-0.4, -0.2) is 36.3 Å². The van der Waals surface area contributed by atoms with E-state index in [1.807, 2.05) is 43.3 Å². The second kappa shape index (κ2) is 8.34. The number of anilines is 1. The van der Waals surface area contributed by atoms with Crippen LogP contribution in [-0.2, 0) is 0 Å². The number of hydrogen-bond acceptors (Lipinski definition) is 6. The molecule has 0 bridgehead atoms. The van der Waals surface area contributed by atoms with E-state index in [9.17, 15) is 4.79 Å². The van der Waals surface area contributed by atoms with E-state index in [-0.39, 0.29) is 5.91 Å². The van der Waals surface area contributed by atoms with E-state index in [1.54, 1.807) is 19.2 Å². The number of carbonyl (C=O) groups is 1. The first-order valence-corrected chi connectivity index (χ1v) is 9.74. The van der Waals surface area contributed by atoms with E-state index in [0.717, 1.165) is 37.1 Å². The Hall–Kier alpha value is -3.35. The van der Waals surface area contributed by atoms with Crippen molar-refractivity contribution in [1.29, 1.82) is 0 Å². The number of hydrogen-bond donors (Lipinski definition) is 1. The van der Waals surface area contributed by atoms with Crippen LogP contribution >= 0.6 is 0 Å². The Morgan fingerprint density at radius 3 is 2.59 bits per heavy atom. The van der Waals surface area contributed by atoms with Gasteiger partial charge in [0.1, 0.15) is 11.8 Å². The SMILES string of the molecule is COc1ccc(C(=O)N[C@H](c2ccccc2)c2nnc(N3CCCC3)o2)c(C)c1. The van der Waals surface area contributed by atoms with Crippen LogP contribution in [0.15, 0.2) is 52.9 Å². The lowest BCUT2D eigenvalue weighted by Crippen LogP contribution is -2.30. The number of nitrogens with one attached hydrogen (secondary N) is 1. The number of benzene rings is 2. The summed E-state index contributed by atoms with van der Waals surface area (Å²) < 4.78 is 11.2. The Morgan fingerprint density at radius 1 is 1.14 bits per heavy atom. The van der Waals surface area contributed by atoms with E-state index in [2.05, 4.69) is 20.4 Å². The Morgan fingerprint density at radius 2 is 1.90 bits per heavy atom. The van der Waals surface area contributed by atoms with Crippen LogP contribution in [0.3, 0.4) is 0 Å². The molecule has 1 amide bonds. The number of methoxy groups -OCH3 is 1. The van der Waals surface area contributed by atoms with Crippen LogP contribution in [0.25, 0.3) is 0 Å². The minimum atomic E-state index is -0.533. The van der Waals surface area contributed by atoms with Crippen LogP contribution in [0.1, 0.15) is 46.3 Å². The smallest absolute Gasteiger partial charge is 0.318 e. The summed E-state index contributed by atoms with van der Waals surface area (Å²) in [7, 11) is 1.60. The van der Waals surface area contributed by atoms with Gasteiger partial charge in [-0.05, 0) is 49.1 Å². The normalized spacial score (nSPS) is 14.6. The number of nitrogens with zero attached hydrogens (tertiary/aromatic N) is 3. The zero-order valence-electron chi connectivity index (χ0n) is 16.6. The predicted octanol–water partition coefficient (Wildman–Crippen LogP) is 3.51. The first-order valence-electron chi connectivity index (χ1n) is 9.74. The van der Waals surface area contributed by atoms with Crippen LogP contribution in [0.4, 0.5) is 6.01 Å². The Balaban J connectivity index is 1.62. The lowest BCUT2D eigenvalue weighted by Gasteiger charge is -2.17. The van der Waals surface area contributed by atoms with Gasteiger partial charge in [0.2, 0.25) is 5.89 Å². The number of aryl methyl sites for hydroxylation is 1. The molecule has 0 saturated carbocycles. The largest absolute Gasteiger partial charge is 0.497 e. The lowest BCUT2D eigenvalue weighted by molar-refractivity contribution is 0.0937. The molecule has 7 nitrogen and oxygen atoms in total. The van der Waals surface area contributed by atoms with Crippen LogP contribution in [0.5, 0.6) is 5.75 Å². The van der Waals surface area contributed by atoms with Crippen LogP contribution in [0.2, 0.25) is 0 Å². The van der Waals surface area contributed by atoms with Gasteiger partial charge in [-0.2, -0.15) is 0 Å². The quantitative estimate of drug-likeness (QED) is 0.691. The standard InChI is InChI=1S/C22H24N4O3/c1-15-14-17(28-2)10-11-18(15)20(27)23-19(16-8-4-3-5-9-16)21-24-25-22(29-21)26-12-6-7-13-26/h3-5,8-11,14,19H,6-7,12-13H2,1-2H3,(H,23,27)/t19-/m1/s1. The third-order valence-corrected chi connectivity index (χ3v) is 5.14. The maximum atomic E-state index is 13.0. The third-order valence-electron chi connectivity index (χ3n) is 5.14. The summed E-state index contributed by atoms with van der Waals surface area (Å²) in [5.74, 6) is 0.878. The Labute approximate surface area is 169 Å². The molecular weight excluding hydrogens is 368 g/mol. The fourth-order valence-electron chi connectivity index (χ4n) is 3.54. The van der Waals surface area contributed by atoms with Gasteiger partial charge in [-0.1, -0.05) is 35.4 Å². The van der Waals surface area contributed by atoms with Crippen molar-refractivity contribution in [2.24, 2.45) is 0 Å². The maximum Gasteiger partial charge on any atom is 0.318 e. The van der Waals surface area contributed by atoms with Gasteiger partial charge < -0.3 is 19.4 Å². The first kappa shape index (κ1) is 19.0. The molecule has 0 unspecified atom stereocenters. The average molecular weight is 392 g/mol. The van der Waals surface area contributed by atoms with E-state index in [1.165, 1.54) is 0 Å². The van der Waals surface area contributed by atoms with Crippen LogP contribution in [0, 0.1) is 6.92 Å². The van der Waals surface area contributed by atoms with Gasteiger partial charge in [0.05, 0.1) is 7.11 Å². The predicted molar refractivity (Wildman–Crippen MR) is 109 cm³/mol. The molecule has 2 heterocycles. The maximum absolute atomic E-state index is 13.0. The van der Waals surface area contributed by atoms with Gasteiger partial charge in [0.15, 0.2) is 0 Å². The molecule has 29 heavy (non-hydrogen) atoms. The summed E-state index contributed by atoms with van der Waals surface area (Å²) >= 11 is 0. The van der Waals surface area contributed by atoms with E-state index in [4.69, 9.17) is 9.15 Å². The summed E-state index contributed by atoms with van der Waals surface area (Å²) in [6.07, 6.45) is 2.24. The summed E-state index contributed by atoms with van der Waals surface area (Å²) in [6.45, 7) is 3.71. The first-order chi connectivity index (χ1) is 14.2. The van der Waals surface area contributed by atoms with Gasteiger partial charge in [-0.25, -0.2) is 0 Å². The minimum absolute atomic E-state index is 0.208. The lowest BCUT2D eigenvalue weighted by atomic mass is 10.0. The molecule has 1 aliphatic rings. The molecular formula is C22H24N4O3. The highest BCUT2D eigenvalue weighted by molar-refractivity contribution is 5.96. The fourth-order valence-corrected chi connectivity index (χ4v) is 3.54. The highest BCUT2D eigenvalue weighted by Crippen LogP contribution is 2.26. The number of amides is 1. The van der Waals surface area contributed by atoms with Crippen molar-refractivity contribution in [3.8, 4) is 5.75 Å². The molecule has 1 aliphatic heterocycles. The third kappa shape index (κ3) is 4.08. The van der Waals surface area contributed by atoms with Crippen molar-refractivity contribution in [1.82, 2.24) is 15.5 Å². The molecule has 1 aromatic heterocycles. The average Bonchev–Trinajstić information content (AvgIpc) is 3.44. The molecule has 0 spiro atoms. The van der Waals surface area contributed by atoms with Crippen molar-refractivity contribution in [3.05, 3.63) is 71.1 Å². The van der Waals surface area contributed by atoms with Crippen LogP contribution < -0.4 is 15.0 Å². The van der Waals surface area contributed by atoms with Gasteiger partial charge in [-0.3, -0.25) is 4.79 Å². The van der Waals surface area contributed by atoms with Gasteiger partial charge in [-0.15, -0.1) is 5.10 Å². The molecule has 2 aromatic carbocycles. The molecule has 1 fully saturated rings.